The van der Waals surface area contributed by atoms with Gasteiger partial charge in [0.2, 0.25) is 0 Å². The van der Waals surface area contributed by atoms with Crippen LogP contribution in [-0.4, -0.2) is 0 Å². The summed E-state index contributed by atoms with van der Waals surface area (Å²) in [6.07, 6.45) is 18.7. The average molecular weight is 543 g/mol. The van der Waals surface area contributed by atoms with Crippen LogP contribution >= 0.6 is 7.92 Å². The topological polar surface area (TPSA) is 0 Å². The SMILES string of the molecule is CCCCc1ccccc1P(c1ccccc1CCCC)c1ccc(CCCC)c(CCCC)c1CCCC. The Balaban J connectivity index is 2.32. The molecule has 0 N–H and O–H groups in total. The first-order valence-corrected chi connectivity index (χ1v) is 17.6. The van der Waals surface area contributed by atoms with E-state index < -0.39 is 7.92 Å². The lowest BCUT2D eigenvalue weighted by Crippen LogP contribution is -2.29. The quantitative estimate of drug-likeness (QED) is 0.140. The molecule has 0 amide bonds. The minimum absolute atomic E-state index is 0.615. The van der Waals surface area contributed by atoms with E-state index in [0.29, 0.717) is 0 Å². The van der Waals surface area contributed by atoms with E-state index in [4.69, 9.17) is 0 Å². The number of hydrogen-bond donors (Lipinski definition) is 0. The molecule has 0 spiro atoms. The van der Waals surface area contributed by atoms with E-state index in [1.807, 2.05) is 0 Å². The van der Waals surface area contributed by atoms with Gasteiger partial charge in [-0.05, 0) is 116 Å². The van der Waals surface area contributed by atoms with Crippen molar-refractivity contribution in [1.82, 2.24) is 0 Å². The summed E-state index contributed by atoms with van der Waals surface area (Å²) in [5.41, 5.74) is 8.19. The molecule has 0 aliphatic rings. The van der Waals surface area contributed by atoms with Crippen LogP contribution < -0.4 is 15.9 Å². The molecule has 0 heterocycles. The van der Waals surface area contributed by atoms with E-state index in [9.17, 15) is 0 Å². The normalized spacial score (nSPS) is 11.4. The van der Waals surface area contributed by atoms with Crippen molar-refractivity contribution in [3.8, 4) is 0 Å². The van der Waals surface area contributed by atoms with Crippen LogP contribution in [0, 0.1) is 0 Å². The van der Waals surface area contributed by atoms with Crippen molar-refractivity contribution in [2.24, 2.45) is 0 Å². The molecule has 0 saturated carbocycles. The summed E-state index contributed by atoms with van der Waals surface area (Å²) in [5.74, 6) is 0. The second-order valence-corrected chi connectivity index (χ2v) is 13.4. The lowest BCUT2D eigenvalue weighted by molar-refractivity contribution is 0.737. The average Bonchev–Trinajstić information content (AvgIpc) is 2.97. The molecule has 0 unspecified atom stereocenters. The van der Waals surface area contributed by atoms with Crippen molar-refractivity contribution in [1.29, 1.82) is 0 Å². The highest BCUT2D eigenvalue weighted by Gasteiger charge is 2.26. The van der Waals surface area contributed by atoms with Gasteiger partial charge in [0.1, 0.15) is 0 Å². The maximum Gasteiger partial charge on any atom is -0.0116 e. The largest absolute Gasteiger partial charge is 0.0654 e. The third-order valence-corrected chi connectivity index (χ3v) is 10.9. The molecule has 0 saturated heterocycles. The van der Waals surface area contributed by atoms with Gasteiger partial charge in [-0.25, -0.2) is 0 Å². The van der Waals surface area contributed by atoms with Crippen LogP contribution in [0.25, 0.3) is 0 Å². The van der Waals surface area contributed by atoms with E-state index in [-0.39, 0.29) is 0 Å². The molecule has 0 fully saturated rings. The first-order valence-electron chi connectivity index (χ1n) is 16.3. The van der Waals surface area contributed by atoms with Gasteiger partial charge >= 0.3 is 0 Å². The van der Waals surface area contributed by atoms with E-state index in [2.05, 4.69) is 95.3 Å². The van der Waals surface area contributed by atoms with E-state index in [0.717, 1.165) is 0 Å². The zero-order chi connectivity index (χ0) is 27.9. The fourth-order valence-electron chi connectivity index (χ4n) is 5.84. The molecule has 3 aromatic carbocycles. The lowest BCUT2D eigenvalue weighted by atomic mass is 9.91. The summed E-state index contributed by atoms with van der Waals surface area (Å²) in [4.78, 5) is 0. The summed E-state index contributed by atoms with van der Waals surface area (Å²) in [6, 6.07) is 24.1. The second-order valence-electron chi connectivity index (χ2n) is 11.3. The monoisotopic (exact) mass is 542 g/mol. The molecule has 0 aromatic heterocycles. The van der Waals surface area contributed by atoms with Gasteiger partial charge in [0, 0.05) is 0 Å². The Morgan fingerprint density at radius 2 is 0.795 bits per heavy atom. The molecule has 3 aromatic rings. The first-order chi connectivity index (χ1) is 19.2. The molecule has 0 aliphatic heterocycles. The van der Waals surface area contributed by atoms with Crippen molar-refractivity contribution < 1.29 is 0 Å². The van der Waals surface area contributed by atoms with Crippen molar-refractivity contribution in [2.45, 2.75) is 131 Å². The molecular formula is C38H55P. The highest BCUT2D eigenvalue weighted by Crippen LogP contribution is 2.39. The fourth-order valence-corrected chi connectivity index (χ4v) is 8.78. The molecular weight excluding hydrogens is 487 g/mol. The summed E-state index contributed by atoms with van der Waals surface area (Å²) in [7, 11) is -0.615. The van der Waals surface area contributed by atoms with E-state index >= 15 is 0 Å². The Bertz CT molecular complexity index is 1060. The van der Waals surface area contributed by atoms with E-state index in [1.54, 1.807) is 43.7 Å². The highest BCUT2D eigenvalue weighted by molar-refractivity contribution is 7.80. The Morgan fingerprint density at radius 3 is 1.28 bits per heavy atom. The smallest absolute Gasteiger partial charge is 0.0116 e. The number of unbranched alkanes of at least 4 members (excludes halogenated alkanes) is 5. The molecule has 212 valence electrons. The zero-order valence-electron chi connectivity index (χ0n) is 25.8. The van der Waals surface area contributed by atoms with Crippen LogP contribution in [0.1, 0.15) is 127 Å². The lowest BCUT2D eigenvalue weighted by Gasteiger charge is -2.29. The van der Waals surface area contributed by atoms with Crippen LogP contribution in [-0.2, 0) is 32.1 Å². The third kappa shape index (κ3) is 8.79. The third-order valence-electron chi connectivity index (χ3n) is 8.17. The number of hydrogen-bond acceptors (Lipinski definition) is 0. The molecule has 0 atom stereocenters. The maximum absolute atomic E-state index is 2.59. The van der Waals surface area contributed by atoms with E-state index in [1.165, 1.54) is 96.3 Å². The Morgan fingerprint density at radius 1 is 0.385 bits per heavy atom. The molecule has 0 radical (unpaired) electrons. The number of aryl methyl sites for hydroxylation is 3. The van der Waals surface area contributed by atoms with Crippen molar-refractivity contribution in [3.63, 3.8) is 0 Å². The van der Waals surface area contributed by atoms with Crippen LogP contribution in [0.3, 0.4) is 0 Å². The summed E-state index contributed by atoms with van der Waals surface area (Å²) < 4.78 is 0. The predicted octanol–water partition coefficient (Wildman–Crippen LogP) is 10.2. The predicted molar refractivity (Wildman–Crippen MR) is 178 cm³/mol. The van der Waals surface area contributed by atoms with Gasteiger partial charge < -0.3 is 0 Å². The van der Waals surface area contributed by atoms with Crippen molar-refractivity contribution >= 4 is 23.8 Å². The van der Waals surface area contributed by atoms with Gasteiger partial charge in [0.25, 0.3) is 0 Å². The van der Waals surface area contributed by atoms with Crippen LogP contribution in [0.4, 0.5) is 0 Å². The number of rotatable bonds is 18. The van der Waals surface area contributed by atoms with Crippen LogP contribution in [0.5, 0.6) is 0 Å². The zero-order valence-corrected chi connectivity index (χ0v) is 26.7. The van der Waals surface area contributed by atoms with Crippen molar-refractivity contribution in [3.05, 3.63) is 88.5 Å². The summed E-state index contributed by atoms with van der Waals surface area (Å²) in [6.45, 7) is 11.7. The second kappa shape index (κ2) is 17.7. The fraction of sp³-hybridized carbons (Fsp3) is 0.526. The molecule has 3 rings (SSSR count). The van der Waals surface area contributed by atoms with Gasteiger partial charge in [-0.1, -0.05) is 127 Å². The van der Waals surface area contributed by atoms with Crippen LogP contribution in [0.15, 0.2) is 60.7 Å². The molecule has 0 aliphatic carbocycles. The first kappa shape index (κ1) is 31.6. The molecule has 0 bridgehead atoms. The summed E-state index contributed by atoms with van der Waals surface area (Å²) >= 11 is 0. The van der Waals surface area contributed by atoms with Gasteiger partial charge in [0.15, 0.2) is 0 Å². The van der Waals surface area contributed by atoms with Gasteiger partial charge in [-0.3, -0.25) is 0 Å². The highest BCUT2D eigenvalue weighted by atomic mass is 31.1. The molecule has 0 nitrogen and oxygen atoms in total. The Hall–Kier alpha value is -1.91. The standard InChI is InChI=1S/C38H55P/c1-6-11-20-31-29-30-38(35(26-15-10-5)34(31)25-14-9-4)39(36-27-18-16-23-32(36)21-12-7-2)37-28-19-17-24-33(37)22-13-8-3/h16-19,23-24,27-30H,6-15,20-22,25-26H2,1-5H3. The van der Waals surface area contributed by atoms with Gasteiger partial charge in [-0.2, -0.15) is 0 Å². The minimum atomic E-state index is -0.615. The minimum Gasteiger partial charge on any atom is -0.0654 e. The molecule has 1 heteroatoms. The summed E-state index contributed by atoms with van der Waals surface area (Å²) in [5, 5.41) is 4.86. The van der Waals surface area contributed by atoms with Crippen molar-refractivity contribution in [2.75, 3.05) is 0 Å². The van der Waals surface area contributed by atoms with Crippen LogP contribution in [0.2, 0.25) is 0 Å². The maximum atomic E-state index is 2.59. The number of benzene rings is 3. The Kier molecular flexibility index (Phi) is 14.4. The Labute approximate surface area is 242 Å². The molecule has 39 heavy (non-hydrogen) atoms. The van der Waals surface area contributed by atoms with Gasteiger partial charge in [0.05, 0.1) is 0 Å². The van der Waals surface area contributed by atoms with Gasteiger partial charge in [-0.15, -0.1) is 0 Å².